The van der Waals surface area contributed by atoms with Gasteiger partial charge in [0.25, 0.3) is 0 Å². The van der Waals surface area contributed by atoms with E-state index < -0.39 is 6.10 Å². The Morgan fingerprint density at radius 3 is 2.39 bits per heavy atom. The lowest BCUT2D eigenvalue weighted by atomic mass is 10.1. The molecule has 98 valence electrons. The largest absolute Gasteiger partial charge is 0.387 e. The van der Waals surface area contributed by atoms with Gasteiger partial charge in [0.2, 0.25) is 5.91 Å². The van der Waals surface area contributed by atoms with Gasteiger partial charge in [-0.05, 0) is 5.56 Å². The standard InChI is InChI=1S/C14H20N2O2/c1-12(17)16-9-7-15(8-10-16)11-14(18)13-5-3-2-4-6-13/h2-6,14,18H,7-11H2,1H3. The van der Waals surface area contributed by atoms with Crippen molar-refractivity contribution in [2.24, 2.45) is 0 Å². The van der Waals surface area contributed by atoms with Gasteiger partial charge in [-0.15, -0.1) is 0 Å². The third-order valence-electron chi connectivity index (χ3n) is 3.43. The number of amides is 1. The highest BCUT2D eigenvalue weighted by Gasteiger charge is 2.20. The molecule has 0 aliphatic carbocycles. The number of aliphatic hydroxyl groups excluding tert-OH is 1. The van der Waals surface area contributed by atoms with Crippen molar-refractivity contribution in [3.63, 3.8) is 0 Å². The van der Waals surface area contributed by atoms with E-state index in [0.717, 1.165) is 31.7 Å². The third-order valence-corrected chi connectivity index (χ3v) is 3.43. The van der Waals surface area contributed by atoms with Crippen molar-refractivity contribution in [1.29, 1.82) is 0 Å². The minimum atomic E-state index is -0.449. The second kappa shape index (κ2) is 5.98. The molecule has 0 spiro atoms. The maximum absolute atomic E-state index is 11.2. The van der Waals surface area contributed by atoms with E-state index in [9.17, 15) is 9.90 Å². The fraction of sp³-hybridized carbons (Fsp3) is 0.500. The highest BCUT2D eigenvalue weighted by molar-refractivity contribution is 5.73. The number of hydrogen-bond acceptors (Lipinski definition) is 3. The molecule has 1 N–H and O–H groups in total. The topological polar surface area (TPSA) is 43.8 Å². The van der Waals surface area contributed by atoms with Crippen LogP contribution in [0.25, 0.3) is 0 Å². The number of carbonyl (C=O) groups is 1. The predicted octanol–water partition coefficient (Wildman–Crippen LogP) is 0.884. The van der Waals surface area contributed by atoms with Gasteiger partial charge in [0.15, 0.2) is 0 Å². The number of benzene rings is 1. The minimum absolute atomic E-state index is 0.137. The summed E-state index contributed by atoms with van der Waals surface area (Å²) in [7, 11) is 0. The zero-order valence-corrected chi connectivity index (χ0v) is 10.7. The van der Waals surface area contributed by atoms with E-state index in [1.165, 1.54) is 0 Å². The average Bonchev–Trinajstić information content (AvgIpc) is 2.40. The van der Waals surface area contributed by atoms with Crippen molar-refractivity contribution in [2.45, 2.75) is 13.0 Å². The smallest absolute Gasteiger partial charge is 0.219 e. The lowest BCUT2D eigenvalue weighted by Crippen LogP contribution is -2.48. The molecule has 4 heteroatoms. The monoisotopic (exact) mass is 248 g/mol. The molecule has 1 atom stereocenters. The number of hydrogen-bond donors (Lipinski definition) is 1. The molecule has 1 unspecified atom stereocenters. The van der Waals surface area contributed by atoms with E-state index in [2.05, 4.69) is 4.90 Å². The number of piperazine rings is 1. The molecule has 0 radical (unpaired) electrons. The highest BCUT2D eigenvalue weighted by Crippen LogP contribution is 2.14. The van der Waals surface area contributed by atoms with Gasteiger partial charge < -0.3 is 10.0 Å². The molecule has 1 heterocycles. The molecule has 2 rings (SSSR count). The molecular formula is C14H20N2O2. The van der Waals surface area contributed by atoms with Crippen LogP contribution in [0.1, 0.15) is 18.6 Å². The maximum atomic E-state index is 11.2. The van der Waals surface area contributed by atoms with E-state index in [1.807, 2.05) is 35.2 Å². The SMILES string of the molecule is CC(=O)N1CCN(CC(O)c2ccccc2)CC1. The summed E-state index contributed by atoms with van der Waals surface area (Å²) in [4.78, 5) is 15.3. The molecule has 18 heavy (non-hydrogen) atoms. The fourth-order valence-electron chi connectivity index (χ4n) is 2.27. The molecule has 4 nitrogen and oxygen atoms in total. The van der Waals surface area contributed by atoms with E-state index in [-0.39, 0.29) is 5.91 Å². The van der Waals surface area contributed by atoms with Gasteiger partial charge in [-0.2, -0.15) is 0 Å². The van der Waals surface area contributed by atoms with E-state index in [0.29, 0.717) is 6.54 Å². The summed E-state index contributed by atoms with van der Waals surface area (Å²) in [6, 6.07) is 9.70. The lowest BCUT2D eigenvalue weighted by Gasteiger charge is -2.35. The summed E-state index contributed by atoms with van der Waals surface area (Å²) in [5.74, 6) is 0.137. The number of rotatable bonds is 3. The Labute approximate surface area is 108 Å². The molecule has 0 saturated carbocycles. The Morgan fingerprint density at radius 2 is 1.83 bits per heavy atom. The Morgan fingerprint density at radius 1 is 1.22 bits per heavy atom. The first-order valence-corrected chi connectivity index (χ1v) is 6.37. The van der Waals surface area contributed by atoms with Crippen LogP contribution in [0.15, 0.2) is 30.3 Å². The number of aliphatic hydroxyl groups is 1. The Hall–Kier alpha value is -1.39. The van der Waals surface area contributed by atoms with E-state index in [1.54, 1.807) is 6.92 Å². The lowest BCUT2D eigenvalue weighted by molar-refractivity contribution is -0.130. The zero-order chi connectivity index (χ0) is 13.0. The highest BCUT2D eigenvalue weighted by atomic mass is 16.3. The summed E-state index contributed by atoms with van der Waals surface area (Å²) in [6.07, 6.45) is -0.449. The Balaban J connectivity index is 1.83. The van der Waals surface area contributed by atoms with Gasteiger partial charge in [-0.1, -0.05) is 30.3 Å². The summed E-state index contributed by atoms with van der Waals surface area (Å²) in [6.45, 7) is 5.44. The van der Waals surface area contributed by atoms with Crippen LogP contribution in [0.5, 0.6) is 0 Å². The summed E-state index contributed by atoms with van der Waals surface area (Å²) in [5, 5.41) is 10.1. The molecule has 1 fully saturated rings. The normalized spacial score (nSPS) is 18.7. The predicted molar refractivity (Wildman–Crippen MR) is 70.1 cm³/mol. The van der Waals surface area contributed by atoms with Crippen molar-refractivity contribution < 1.29 is 9.90 Å². The van der Waals surface area contributed by atoms with Gasteiger partial charge in [0, 0.05) is 39.6 Å². The molecule has 1 aliphatic rings. The maximum Gasteiger partial charge on any atom is 0.219 e. The van der Waals surface area contributed by atoms with Crippen LogP contribution < -0.4 is 0 Å². The summed E-state index contributed by atoms with van der Waals surface area (Å²) < 4.78 is 0. The number of nitrogens with zero attached hydrogens (tertiary/aromatic N) is 2. The van der Waals surface area contributed by atoms with Crippen LogP contribution in [0.4, 0.5) is 0 Å². The van der Waals surface area contributed by atoms with Crippen LogP contribution >= 0.6 is 0 Å². The van der Waals surface area contributed by atoms with Crippen molar-refractivity contribution >= 4 is 5.91 Å². The number of carbonyl (C=O) groups excluding carboxylic acids is 1. The van der Waals surface area contributed by atoms with Gasteiger partial charge in [-0.25, -0.2) is 0 Å². The first-order valence-electron chi connectivity index (χ1n) is 6.37. The zero-order valence-electron chi connectivity index (χ0n) is 10.7. The van der Waals surface area contributed by atoms with Crippen molar-refractivity contribution in [3.05, 3.63) is 35.9 Å². The second-order valence-electron chi connectivity index (χ2n) is 4.73. The molecule has 1 aromatic carbocycles. The summed E-state index contributed by atoms with van der Waals surface area (Å²) in [5.41, 5.74) is 0.950. The quantitative estimate of drug-likeness (QED) is 0.863. The van der Waals surface area contributed by atoms with Gasteiger partial charge >= 0.3 is 0 Å². The molecular weight excluding hydrogens is 228 g/mol. The van der Waals surface area contributed by atoms with Crippen molar-refractivity contribution in [2.75, 3.05) is 32.7 Å². The van der Waals surface area contributed by atoms with E-state index in [4.69, 9.17) is 0 Å². The van der Waals surface area contributed by atoms with Crippen LogP contribution in [0, 0.1) is 0 Å². The van der Waals surface area contributed by atoms with Crippen LogP contribution in [-0.2, 0) is 4.79 Å². The van der Waals surface area contributed by atoms with Gasteiger partial charge in [-0.3, -0.25) is 9.69 Å². The molecule has 1 amide bonds. The van der Waals surface area contributed by atoms with Crippen LogP contribution in [0.3, 0.4) is 0 Å². The van der Waals surface area contributed by atoms with Crippen molar-refractivity contribution in [1.82, 2.24) is 9.80 Å². The summed E-state index contributed by atoms with van der Waals surface area (Å²) >= 11 is 0. The third kappa shape index (κ3) is 3.31. The molecule has 1 saturated heterocycles. The van der Waals surface area contributed by atoms with E-state index >= 15 is 0 Å². The number of β-amino-alcohol motifs (C(OH)–C–C–N with tert-alkyl or cyclic N) is 1. The average molecular weight is 248 g/mol. The van der Waals surface area contributed by atoms with Crippen LogP contribution in [-0.4, -0.2) is 53.5 Å². The van der Waals surface area contributed by atoms with Crippen LogP contribution in [0.2, 0.25) is 0 Å². The first-order chi connectivity index (χ1) is 8.66. The first kappa shape index (κ1) is 13.1. The molecule has 1 aromatic rings. The molecule has 0 bridgehead atoms. The van der Waals surface area contributed by atoms with Gasteiger partial charge in [0.05, 0.1) is 6.10 Å². The van der Waals surface area contributed by atoms with Crippen molar-refractivity contribution in [3.8, 4) is 0 Å². The Kier molecular flexibility index (Phi) is 4.33. The Bertz CT molecular complexity index is 386. The molecule has 0 aromatic heterocycles. The fourth-order valence-corrected chi connectivity index (χ4v) is 2.27. The van der Waals surface area contributed by atoms with Gasteiger partial charge in [0.1, 0.15) is 0 Å². The second-order valence-corrected chi connectivity index (χ2v) is 4.73. The minimum Gasteiger partial charge on any atom is -0.387 e. The molecule has 1 aliphatic heterocycles.